The van der Waals surface area contributed by atoms with E-state index in [0.717, 1.165) is 18.5 Å². The molecule has 1 unspecified atom stereocenters. The molecule has 1 aliphatic heterocycles. The number of carbonyl (C=O) groups excluding carboxylic acids is 1. The highest BCUT2D eigenvalue weighted by atomic mass is 16.5. The lowest BCUT2D eigenvalue weighted by atomic mass is 10.1. The fourth-order valence-electron chi connectivity index (χ4n) is 2.37. The third-order valence-corrected chi connectivity index (χ3v) is 3.82. The number of nitrogens with one attached hydrogen (secondary N) is 1. The van der Waals surface area contributed by atoms with Crippen molar-refractivity contribution in [2.45, 2.75) is 32.7 Å². The van der Waals surface area contributed by atoms with Gasteiger partial charge in [0, 0.05) is 25.5 Å². The summed E-state index contributed by atoms with van der Waals surface area (Å²) in [5.74, 6) is -1.82. The Morgan fingerprint density at radius 2 is 2.19 bits per heavy atom. The van der Waals surface area contributed by atoms with Gasteiger partial charge >= 0.3 is 5.97 Å². The molecule has 0 aromatic carbocycles. The predicted molar refractivity (Wildman–Crippen MR) is 75.2 cm³/mol. The Morgan fingerprint density at radius 1 is 1.52 bits per heavy atom. The van der Waals surface area contributed by atoms with E-state index in [1.165, 1.54) is 0 Å². The maximum Gasteiger partial charge on any atom is 0.308 e. The van der Waals surface area contributed by atoms with E-state index in [1.807, 2.05) is 11.6 Å². The molecule has 1 fully saturated rings. The summed E-state index contributed by atoms with van der Waals surface area (Å²) in [5.41, 5.74) is 1.31. The standard InChI is InChI=1S/C14H21N3O4/c1-9(14(19)20)7-15-13(18)12-8-16-17(10(12)2)11-3-5-21-6-4-11/h8-9,11H,3-7H2,1-2H3,(H,15,18)(H,19,20). The maximum absolute atomic E-state index is 12.1. The quantitative estimate of drug-likeness (QED) is 0.845. The van der Waals surface area contributed by atoms with E-state index < -0.39 is 11.9 Å². The molecular formula is C14H21N3O4. The second-order valence-electron chi connectivity index (χ2n) is 5.38. The summed E-state index contributed by atoms with van der Waals surface area (Å²) >= 11 is 0. The number of nitrogens with zero attached hydrogens (tertiary/aromatic N) is 2. The Morgan fingerprint density at radius 3 is 2.81 bits per heavy atom. The maximum atomic E-state index is 12.1. The molecule has 1 saturated heterocycles. The van der Waals surface area contributed by atoms with Crippen molar-refractivity contribution in [2.75, 3.05) is 19.8 Å². The number of hydrogen-bond acceptors (Lipinski definition) is 4. The molecule has 7 heteroatoms. The van der Waals surface area contributed by atoms with Gasteiger partial charge in [-0.05, 0) is 19.8 Å². The molecule has 1 aromatic heterocycles. The van der Waals surface area contributed by atoms with Crippen LogP contribution in [0.15, 0.2) is 6.20 Å². The number of hydrogen-bond donors (Lipinski definition) is 2. The van der Waals surface area contributed by atoms with E-state index in [4.69, 9.17) is 9.84 Å². The third kappa shape index (κ3) is 3.60. The molecule has 2 rings (SSSR count). The van der Waals surface area contributed by atoms with Gasteiger partial charge in [0.05, 0.1) is 23.7 Å². The number of aliphatic carboxylic acids is 1. The van der Waals surface area contributed by atoms with E-state index >= 15 is 0 Å². The number of carbonyl (C=O) groups is 2. The van der Waals surface area contributed by atoms with Crippen LogP contribution in [0.3, 0.4) is 0 Å². The summed E-state index contributed by atoms with van der Waals surface area (Å²) in [4.78, 5) is 22.9. The van der Waals surface area contributed by atoms with Gasteiger partial charge in [0.25, 0.3) is 5.91 Å². The number of carboxylic acid groups (broad SMARTS) is 1. The lowest BCUT2D eigenvalue weighted by Gasteiger charge is -2.23. The SMILES string of the molecule is Cc1c(C(=O)NCC(C)C(=O)O)cnn1C1CCOCC1. The number of carboxylic acids is 1. The molecule has 0 radical (unpaired) electrons. The molecule has 0 aliphatic carbocycles. The molecule has 0 bridgehead atoms. The van der Waals surface area contributed by atoms with Crippen LogP contribution >= 0.6 is 0 Å². The van der Waals surface area contributed by atoms with Crippen molar-refractivity contribution in [2.24, 2.45) is 5.92 Å². The molecule has 7 nitrogen and oxygen atoms in total. The molecule has 1 aliphatic rings. The van der Waals surface area contributed by atoms with E-state index in [2.05, 4.69) is 10.4 Å². The van der Waals surface area contributed by atoms with Crippen molar-refractivity contribution < 1.29 is 19.4 Å². The number of rotatable bonds is 5. The first kappa shape index (κ1) is 15.5. The molecule has 1 aromatic rings. The highest BCUT2D eigenvalue weighted by Crippen LogP contribution is 2.23. The second-order valence-corrected chi connectivity index (χ2v) is 5.38. The van der Waals surface area contributed by atoms with Gasteiger partial charge in [0.2, 0.25) is 0 Å². The van der Waals surface area contributed by atoms with Crippen LogP contribution < -0.4 is 5.32 Å². The zero-order valence-electron chi connectivity index (χ0n) is 12.3. The Hall–Kier alpha value is -1.89. The summed E-state index contributed by atoms with van der Waals surface area (Å²) in [5, 5.41) is 15.8. The van der Waals surface area contributed by atoms with Gasteiger partial charge in [0.15, 0.2) is 0 Å². The van der Waals surface area contributed by atoms with Crippen LogP contribution in [-0.4, -0.2) is 46.5 Å². The highest BCUT2D eigenvalue weighted by Gasteiger charge is 2.22. The Bertz CT molecular complexity index is 520. The number of aromatic nitrogens is 2. The third-order valence-electron chi connectivity index (χ3n) is 3.82. The van der Waals surface area contributed by atoms with E-state index in [0.29, 0.717) is 18.8 Å². The Balaban J connectivity index is 2.01. The molecule has 1 amide bonds. The Kier molecular flexibility index (Phi) is 4.95. The van der Waals surface area contributed by atoms with Crippen LogP contribution in [0.4, 0.5) is 0 Å². The zero-order chi connectivity index (χ0) is 15.4. The van der Waals surface area contributed by atoms with Crippen molar-refractivity contribution >= 4 is 11.9 Å². The second kappa shape index (κ2) is 6.71. The zero-order valence-corrected chi connectivity index (χ0v) is 12.3. The first-order valence-electron chi connectivity index (χ1n) is 7.13. The minimum atomic E-state index is -0.926. The first-order chi connectivity index (χ1) is 10.0. The fraction of sp³-hybridized carbons (Fsp3) is 0.643. The van der Waals surface area contributed by atoms with Crippen LogP contribution in [0.5, 0.6) is 0 Å². The summed E-state index contributed by atoms with van der Waals surface area (Å²) < 4.78 is 7.20. The largest absolute Gasteiger partial charge is 0.481 e. The van der Waals surface area contributed by atoms with Crippen LogP contribution in [0.2, 0.25) is 0 Å². The molecule has 0 saturated carbocycles. The first-order valence-corrected chi connectivity index (χ1v) is 7.13. The molecule has 0 spiro atoms. The van der Waals surface area contributed by atoms with Gasteiger partial charge in [-0.1, -0.05) is 6.92 Å². The predicted octanol–water partition coefficient (Wildman–Crippen LogP) is 0.994. The van der Waals surface area contributed by atoms with Crippen molar-refractivity contribution in [1.82, 2.24) is 15.1 Å². The van der Waals surface area contributed by atoms with Gasteiger partial charge in [0.1, 0.15) is 0 Å². The van der Waals surface area contributed by atoms with Gasteiger partial charge in [-0.15, -0.1) is 0 Å². The number of ether oxygens (including phenoxy) is 1. The fourth-order valence-corrected chi connectivity index (χ4v) is 2.37. The smallest absolute Gasteiger partial charge is 0.308 e. The molecule has 2 N–H and O–H groups in total. The van der Waals surface area contributed by atoms with E-state index in [9.17, 15) is 9.59 Å². The minimum Gasteiger partial charge on any atom is -0.481 e. The summed E-state index contributed by atoms with van der Waals surface area (Å²) in [6.07, 6.45) is 3.32. The monoisotopic (exact) mass is 295 g/mol. The highest BCUT2D eigenvalue weighted by molar-refractivity contribution is 5.95. The van der Waals surface area contributed by atoms with Crippen molar-refractivity contribution in [3.63, 3.8) is 0 Å². The lowest BCUT2D eigenvalue weighted by Crippen LogP contribution is -2.31. The van der Waals surface area contributed by atoms with E-state index in [1.54, 1.807) is 13.1 Å². The average molecular weight is 295 g/mol. The van der Waals surface area contributed by atoms with Crippen LogP contribution in [-0.2, 0) is 9.53 Å². The molecule has 2 heterocycles. The van der Waals surface area contributed by atoms with Gasteiger partial charge in [-0.2, -0.15) is 5.10 Å². The van der Waals surface area contributed by atoms with Crippen LogP contribution in [0, 0.1) is 12.8 Å². The van der Waals surface area contributed by atoms with Gasteiger partial charge in [-0.25, -0.2) is 0 Å². The van der Waals surface area contributed by atoms with Gasteiger partial charge < -0.3 is 15.2 Å². The lowest BCUT2D eigenvalue weighted by molar-refractivity contribution is -0.140. The van der Waals surface area contributed by atoms with Gasteiger partial charge in [-0.3, -0.25) is 14.3 Å². The molecular weight excluding hydrogens is 274 g/mol. The van der Waals surface area contributed by atoms with Crippen molar-refractivity contribution in [3.8, 4) is 0 Å². The topological polar surface area (TPSA) is 93.5 Å². The summed E-state index contributed by atoms with van der Waals surface area (Å²) in [6.45, 7) is 4.94. The Labute approximate surface area is 123 Å². The van der Waals surface area contributed by atoms with Crippen molar-refractivity contribution in [3.05, 3.63) is 17.5 Å². The minimum absolute atomic E-state index is 0.107. The molecule has 116 valence electrons. The van der Waals surface area contributed by atoms with E-state index in [-0.39, 0.29) is 18.5 Å². The van der Waals surface area contributed by atoms with Crippen LogP contribution in [0.25, 0.3) is 0 Å². The molecule has 21 heavy (non-hydrogen) atoms. The number of amides is 1. The molecule has 1 atom stereocenters. The normalized spacial score (nSPS) is 17.4. The van der Waals surface area contributed by atoms with Crippen molar-refractivity contribution in [1.29, 1.82) is 0 Å². The summed E-state index contributed by atoms with van der Waals surface area (Å²) in [7, 11) is 0. The van der Waals surface area contributed by atoms with Crippen LogP contribution in [0.1, 0.15) is 41.9 Å². The summed E-state index contributed by atoms with van der Waals surface area (Å²) in [6, 6.07) is 0.262. The average Bonchev–Trinajstić information content (AvgIpc) is 2.87.